The summed E-state index contributed by atoms with van der Waals surface area (Å²) in [6, 6.07) is 15.4. The molecule has 1 fully saturated rings. The van der Waals surface area contributed by atoms with Gasteiger partial charge in [-0.15, -0.1) is 0 Å². The fourth-order valence-electron chi connectivity index (χ4n) is 5.20. The van der Waals surface area contributed by atoms with Gasteiger partial charge in [0.1, 0.15) is 29.6 Å². The molecule has 1 aliphatic heterocycles. The average Bonchev–Trinajstić information content (AvgIpc) is 3.50. The highest BCUT2D eigenvalue weighted by molar-refractivity contribution is 7.94. The number of ether oxygens (including phenoxy) is 1. The average molecular weight is 633 g/mol. The van der Waals surface area contributed by atoms with E-state index in [0.29, 0.717) is 23.0 Å². The van der Waals surface area contributed by atoms with Crippen LogP contribution in [0.5, 0.6) is 0 Å². The topological polar surface area (TPSA) is 214 Å². The molecule has 0 amide bonds. The standard InChI is InChI=1S/C28H34B3N5O8S/c29-26(27(30,37)38,28(31,39)40)45(41,42)20-7-5-18(6-8-20)22-15-34-25(32)24(35-22)23-13-21(36-44-23)17-3-1-16(2-4-17)14-33-19-9-11-43-12-10-19/h1-8,13,15,19,33,37-40H,9-12,14,29-31H2,(H2,32,34). The smallest absolute Gasteiger partial charge is 0.189 e. The Balaban J connectivity index is 1.35. The summed E-state index contributed by atoms with van der Waals surface area (Å²) in [6.45, 7) is 2.32. The number of anilines is 1. The van der Waals surface area contributed by atoms with Crippen LogP contribution in [-0.4, -0.2) is 103 Å². The van der Waals surface area contributed by atoms with E-state index in [9.17, 15) is 28.8 Å². The third kappa shape index (κ3) is 6.42. The molecule has 0 bridgehead atoms. The first-order chi connectivity index (χ1) is 21.1. The zero-order valence-electron chi connectivity index (χ0n) is 25.1. The number of aromatic nitrogens is 3. The fraction of sp³-hybridized carbons (Fsp3) is 0.321. The number of rotatable bonds is 10. The molecule has 234 valence electrons. The van der Waals surface area contributed by atoms with Gasteiger partial charge in [0.05, 0.1) is 16.8 Å². The molecular weight excluding hydrogens is 599 g/mol. The summed E-state index contributed by atoms with van der Waals surface area (Å²) >= 11 is 0. The molecule has 2 aromatic heterocycles. The first-order valence-electron chi connectivity index (χ1n) is 14.4. The van der Waals surface area contributed by atoms with Crippen molar-refractivity contribution in [3.63, 3.8) is 0 Å². The van der Waals surface area contributed by atoms with Gasteiger partial charge in [0, 0.05) is 43.0 Å². The van der Waals surface area contributed by atoms with E-state index in [2.05, 4.69) is 20.4 Å². The molecule has 45 heavy (non-hydrogen) atoms. The van der Waals surface area contributed by atoms with Gasteiger partial charge in [-0.1, -0.05) is 41.6 Å². The highest BCUT2D eigenvalue weighted by Gasteiger charge is 2.62. The van der Waals surface area contributed by atoms with Crippen molar-refractivity contribution < 1.29 is 38.1 Å². The van der Waals surface area contributed by atoms with E-state index in [-0.39, 0.29) is 22.2 Å². The number of benzene rings is 2. The van der Waals surface area contributed by atoms with Crippen molar-refractivity contribution in [1.29, 1.82) is 0 Å². The highest BCUT2D eigenvalue weighted by Crippen LogP contribution is 2.37. The lowest BCUT2D eigenvalue weighted by Gasteiger charge is -2.45. The van der Waals surface area contributed by atoms with Crippen LogP contribution in [0.25, 0.3) is 34.0 Å². The van der Waals surface area contributed by atoms with Crippen molar-refractivity contribution in [2.45, 2.75) is 46.3 Å². The molecule has 0 saturated carbocycles. The molecule has 4 aromatic rings. The normalized spacial score (nSPS) is 15.3. The van der Waals surface area contributed by atoms with Crippen LogP contribution in [0.15, 0.2) is 70.2 Å². The Kier molecular flexibility index (Phi) is 8.99. The molecule has 0 unspecified atom stereocenters. The Hall–Kier alpha value is -3.57. The zero-order valence-corrected chi connectivity index (χ0v) is 26.0. The van der Waals surface area contributed by atoms with Crippen LogP contribution in [0, 0.1) is 0 Å². The van der Waals surface area contributed by atoms with Gasteiger partial charge in [-0.2, -0.15) is 0 Å². The van der Waals surface area contributed by atoms with Gasteiger partial charge in [-0.05, 0) is 30.5 Å². The first kappa shape index (κ1) is 32.8. The predicted molar refractivity (Wildman–Crippen MR) is 173 cm³/mol. The van der Waals surface area contributed by atoms with Crippen LogP contribution in [0.1, 0.15) is 18.4 Å². The second-order valence-corrected chi connectivity index (χ2v) is 13.9. The number of hydrogen-bond acceptors (Lipinski definition) is 13. The molecule has 0 radical (unpaired) electrons. The summed E-state index contributed by atoms with van der Waals surface area (Å²) in [5.41, 5.74) is 3.73. The molecule has 1 saturated heterocycles. The second kappa shape index (κ2) is 12.3. The van der Waals surface area contributed by atoms with Gasteiger partial charge in [0.15, 0.2) is 42.8 Å². The maximum atomic E-state index is 13.4. The Morgan fingerprint density at radius 2 is 1.49 bits per heavy atom. The van der Waals surface area contributed by atoms with Crippen LogP contribution in [0.3, 0.4) is 0 Å². The number of nitrogen functional groups attached to an aromatic ring is 1. The van der Waals surface area contributed by atoms with Crippen molar-refractivity contribution in [2.75, 3.05) is 18.9 Å². The van der Waals surface area contributed by atoms with E-state index < -0.39 is 25.9 Å². The largest absolute Gasteiger partial charge is 0.382 e. The predicted octanol–water partition coefficient (Wildman–Crippen LogP) is -2.04. The van der Waals surface area contributed by atoms with Gasteiger partial charge >= 0.3 is 0 Å². The van der Waals surface area contributed by atoms with Crippen LogP contribution < -0.4 is 11.1 Å². The van der Waals surface area contributed by atoms with Gasteiger partial charge in [0.2, 0.25) is 0 Å². The Morgan fingerprint density at radius 3 is 2.09 bits per heavy atom. The Morgan fingerprint density at radius 1 is 0.911 bits per heavy atom. The molecule has 0 atom stereocenters. The third-order valence-electron chi connectivity index (χ3n) is 8.42. The van der Waals surface area contributed by atoms with E-state index in [0.717, 1.165) is 67.3 Å². The third-order valence-corrected chi connectivity index (χ3v) is 11.2. The summed E-state index contributed by atoms with van der Waals surface area (Å²) in [5.74, 6) is 0.383. The molecule has 17 heteroatoms. The van der Waals surface area contributed by atoms with Crippen molar-refractivity contribution >= 4 is 39.2 Å². The van der Waals surface area contributed by atoms with Crippen LogP contribution in [-0.2, 0) is 21.1 Å². The monoisotopic (exact) mass is 633 g/mol. The van der Waals surface area contributed by atoms with Crippen molar-refractivity contribution in [2.24, 2.45) is 0 Å². The summed E-state index contributed by atoms with van der Waals surface area (Å²) in [7, 11) is -2.31. The molecule has 3 heterocycles. The molecule has 13 nitrogen and oxygen atoms in total. The van der Waals surface area contributed by atoms with Crippen LogP contribution in [0.4, 0.5) is 5.82 Å². The zero-order chi connectivity index (χ0) is 32.6. The van der Waals surface area contributed by atoms with E-state index in [1.54, 1.807) is 6.07 Å². The lowest BCUT2D eigenvalue weighted by Crippen LogP contribution is -2.73. The lowest BCUT2D eigenvalue weighted by molar-refractivity contribution is -0.186. The molecule has 2 aromatic carbocycles. The maximum Gasteiger partial charge on any atom is 0.189 e. The molecule has 0 spiro atoms. The summed E-state index contributed by atoms with van der Waals surface area (Å²) in [4.78, 5) is 8.43. The van der Waals surface area contributed by atoms with Gasteiger partial charge in [-0.25, -0.2) is 18.4 Å². The Labute approximate surface area is 263 Å². The number of hydrogen-bond donors (Lipinski definition) is 6. The molecule has 1 aliphatic rings. The minimum Gasteiger partial charge on any atom is -0.382 e. The number of nitrogens with one attached hydrogen (secondary N) is 1. The van der Waals surface area contributed by atoms with Crippen LogP contribution in [0.2, 0.25) is 0 Å². The minimum absolute atomic E-state index is 0.0984. The number of nitrogens with zero attached hydrogens (tertiary/aromatic N) is 3. The van der Waals surface area contributed by atoms with Gasteiger partial charge in [-0.3, -0.25) is 0 Å². The highest BCUT2D eigenvalue weighted by atomic mass is 32.2. The molecule has 5 rings (SSSR count). The quantitative estimate of drug-likeness (QED) is 0.0822. The summed E-state index contributed by atoms with van der Waals surface area (Å²) < 4.78 is 35.0. The van der Waals surface area contributed by atoms with Crippen molar-refractivity contribution in [3.05, 3.63) is 66.4 Å². The van der Waals surface area contributed by atoms with Gasteiger partial charge in [0.25, 0.3) is 0 Å². The summed E-state index contributed by atoms with van der Waals surface area (Å²) in [5, 5.41) is 48.6. The van der Waals surface area contributed by atoms with Crippen molar-refractivity contribution in [3.8, 4) is 34.0 Å². The van der Waals surface area contributed by atoms with E-state index in [4.69, 9.17) is 15.0 Å². The second-order valence-electron chi connectivity index (χ2n) is 11.6. The first-order valence-corrected chi connectivity index (χ1v) is 15.8. The number of nitrogens with two attached hydrogens (primary N) is 1. The fourth-order valence-corrected chi connectivity index (χ4v) is 7.18. The molecular formula is C28H34B3N5O8S. The maximum absolute atomic E-state index is 13.4. The SMILES string of the molecule is BC(O)(O)C(B)(C(B)(O)O)S(=O)(=O)c1ccc(-c2cnc(N)c(-c3cc(-c4ccc(CNC5CCOCC5)cc4)no3)n2)cc1. The van der Waals surface area contributed by atoms with Crippen LogP contribution >= 0.6 is 0 Å². The summed E-state index contributed by atoms with van der Waals surface area (Å²) in [6.07, 6.45) is 3.42. The molecule has 7 N–H and O–H groups in total. The number of sulfone groups is 1. The lowest BCUT2D eigenvalue weighted by atomic mass is 9.59. The molecule has 0 aliphatic carbocycles. The van der Waals surface area contributed by atoms with E-state index in [1.807, 2.05) is 24.3 Å². The van der Waals surface area contributed by atoms with E-state index in [1.165, 1.54) is 30.5 Å². The number of aliphatic hydroxyl groups is 4. The van der Waals surface area contributed by atoms with E-state index >= 15 is 0 Å². The van der Waals surface area contributed by atoms with Gasteiger partial charge < -0.3 is 40.7 Å². The van der Waals surface area contributed by atoms with Crippen molar-refractivity contribution in [1.82, 2.24) is 20.4 Å². The minimum atomic E-state index is -4.70. The Bertz CT molecular complexity index is 1740.